The average Bonchev–Trinajstić information content (AvgIpc) is 2.81. The van der Waals surface area contributed by atoms with Crippen molar-refractivity contribution in [3.8, 4) is 5.75 Å². The summed E-state index contributed by atoms with van der Waals surface area (Å²) in [5.74, 6) is -0.854. The summed E-state index contributed by atoms with van der Waals surface area (Å²) in [6, 6.07) is 16.0. The van der Waals surface area contributed by atoms with Crippen molar-refractivity contribution in [3.63, 3.8) is 0 Å². The standard InChI is InChI=1S/C25H30O6/c1-17(14-15-30-16-20-10-12-22(29-4)13-11-20)23(26)18(2)24(27)19(3)31-25(28)21-8-6-5-7-9-21/h5-14,18-19,23,26H,15-16H2,1-4H3/b17-14+. The molecule has 0 fully saturated rings. The SMILES string of the molecule is COc1ccc(COC/C=C(\C)C(O)C(C)C(=O)C(C)OC(=O)c2ccccc2)cc1. The highest BCUT2D eigenvalue weighted by Crippen LogP contribution is 2.17. The molecule has 31 heavy (non-hydrogen) atoms. The van der Waals surface area contributed by atoms with Gasteiger partial charge in [0.2, 0.25) is 0 Å². The van der Waals surface area contributed by atoms with E-state index in [1.807, 2.05) is 24.3 Å². The van der Waals surface area contributed by atoms with Gasteiger partial charge in [0.25, 0.3) is 0 Å². The summed E-state index contributed by atoms with van der Waals surface area (Å²) >= 11 is 0. The van der Waals surface area contributed by atoms with E-state index in [-0.39, 0.29) is 5.78 Å². The lowest BCUT2D eigenvalue weighted by Crippen LogP contribution is -2.35. The number of benzene rings is 2. The minimum absolute atomic E-state index is 0.300. The van der Waals surface area contributed by atoms with Gasteiger partial charge in [-0.05, 0) is 49.2 Å². The number of esters is 1. The van der Waals surface area contributed by atoms with E-state index in [1.165, 1.54) is 6.92 Å². The molecule has 2 aromatic carbocycles. The van der Waals surface area contributed by atoms with Gasteiger partial charge in [-0.1, -0.05) is 43.3 Å². The summed E-state index contributed by atoms with van der Waals surface area (Å²) in [6.45, 7) is 5.60. The third-order valence-corrected chi connectivity index (χ3v) is 5.03. The molecular weight excluding hydrogens is 396 g/mol. The van der Waals surface area contributed by atoms with Crippen LogP contribution >= 0.6 is 0 Å². The van der Waals surface area contributed by atoms with Gasteiger partial charge in [-0.2, -0.15) is 0 Å². The summed E-state index contributed by atoms with van der Waals surface area (Å²) in [5, 5.41) is 10.5. The highest BCUT2D eigenvalue weighted by Gasteiger charge is 2.29. The Morgan fingerprint density at radius 3 is 2.29 bits per heavy atom. The van der Waals surface area contributed by atoms with E-state index in [0.29, 0.717) is 24.4 Å². The van der Waals surface area contributed by atoms with Crippen LogP contribution in [0, 0.1) is 5.92 Å². The Bertz CT molecular complexity index is 873. The summed E-state index contributed by atoms with van der Waals surface area (Å²) in [4.78, 5) is 24.8. The maximum absolute atomic E-state index is 12.6. The first-order valence-electron chi connectivity index (χ1n) is 10.2. The van der Waals surface area contributed by atoms with E-state index < -0.39 is 24.1 Å². The fourth-order valence-corrected chi connectivity index (χ4v) is 2.99. The number of hydrogen-bond acceptors (Lipinski definition) is 6. The molecule has 0 aromatic heterocycles. The molecule has 166 valence electrons. The Morgan fingerprint density at radius 2 is 1.68 bits per heavy atom. The van der Waals surface area contributed by atoms with Crippen LogP contribution in [0.3, 0.4) is 0 Å². The zero-order valence-corrected chi connectivity index (χ0v) is 18.4. The largest absolute Gasteiger partial charge is 0.497 e. The zero-order valence-electron chi connectivity index (χ0n) is 18.4. The summed E-state index contributed by atoms with van der Waals surface area (Å²) in [6.07, 6.45) is -0.204. The molecule has 0 spiro atoms. The summed E-state index contributed by atoms with van der Waals surface area (Å²) in [5.41, 5.74) is 2.00. The van der Waals surface area contributed by atoms with Crippen molar-refractivity contribution in [1.82, 2.24) is 0 Å². The van der Waals surface area contributed by atoms with Crippen molar-refractivity contribution in [3.05, 3.63) is 77.4 Å². The van der Waals surface area contributed by atoms with Crippen molar-refractivity contribution >= 4 is 11.8 Å². The molecule has 0 saturated heterocycles. The Hall–Kier alpha value is -2.96. The predicted molar refractivity (Wildman–Crippen MR) is 118 cm³/mol. The van der Waals surface area contributed by atoms with Crippen molar-refractivity contribution in [2.24, 2.45) is 5.92 Å². The van der Waals surface area contributed by atoms with Crippen molar-refractivity contribution in [2.75, 3.05) is 13.7 Å². The Morgan fingerprint density at radius 1 is 1.03 bits per heavy atom. The van der Waals surface area contributed by atoms with E-state index in [4.69, 9.17) is 14.2 Å². The van der Waals surface area contributed by atoms with Gasteiger partial charge in [0.1, 0.15) is 5.75 Å². The number of aliphatic hydroxyl groups is 1. The third-order valence-electron chi connectivity index (χ3n) is 5.03. The third kappa shape index (κ3) is 7.35. The Kier molecular flexibility index (Phi) is 9.43. The number of rotatable bonds is 11. The van der Waals surface area contributed by atoms with Gasteiger partial charge in [-0.15, -0.1) is 0 Å². The van der Waals surface area contributed by atoms with Crippen LogP contribution in [0.25, 0.3) is 0 Å². The predicted octanol–water partition coefficient (Wildman–Crippen LogP) is 3.97. The molecule has 1 N–H and O–H groups in total. The van der Waals surface area contributed by atoms with Crippen LogP contribution in [0.4, 0.5) is 0 Å². The molecule has 0 saturated carbocycles. The van der Waals surface area contributed by atoms with Crippen LogP contribution < -0.4 is 4.74 Å². The van der Waals surface area contributed by atoms with Crippen LogP contribution in [-0.4, -0.2) is 42.8 Å². The number of ketones is 1. The van der Waals surface area contributed by atoms with E-state index in [0.717, 1.165) is 11.3 Å². The van der Waals surface area contributed by atoms with Gasteiger partial charge in [0.05, 0.1) is 32.0 Å². The minimum atomic E-state index is -0.991. The molecule has 3 atom stereocenters. The molecule has 0 heterocycles. The van der Waals surface area contributed by atoms with Crippen LogP contribution in [0.15, 0.2) is 66.2 Å². The lowest BCUT2D eigenvalue weighted by molar-refractivity contribution is -0.133. The topological polar surface area (TPSA) is 82.1 Å². The second kappa shape index (κ2) is 12.0. The van der Waals surface area contributed by atoms with Crippen LogP contribution in [0.5, 0.6) is 5.75 Å². The highest BCUT2D eigenvalue weighted by molar-refractivity contribution is 5.93. The second-order valence-corrected chi connectivity index (χ2v) is 7.36. The number of carbonyl (C=O) groups is 2. The van der Waals surface area contributed by atoms with Crippen LogP contribution in [0.2, 0.25) is 0 Å². The maximum Gasteiger partial charge on any atom is 0.338 e. The molecule has 6 heteroatoms. The van der Waals surface area contributed by atoms with Gasteiger partial charge in [0.15, 0.2) is 11.9 Å². The minimum Gasteiger partial charge on any atom is -0.497 e. The summed E-state index contributed by atoms with van der Waals surface area (Å²) < 4.78 is 16.0. The normalized spacial score (nSPS) is 14.4. The van der Waals surface area contributed by atoms with E-state index in [9.17, 15) is 14.7 Å². The zero-order chi connectivity index (χ0) is 22.8. The molecular formula is C25H30O6. The maximum atomic E-state index is 12.6. The monoisotopic (exact) mass is 426 g/mol. The lowest BCUT2D eigenvalue weighted by Gasteiger charge is -2.22. The van der Waals surface area contributed by atoms with Gasteiger partial charge in [-0.25, -0.2) is 4.79 Å². The molecule has 2 rings (SSSR count). The van der Waals surface area contributed by atoms with E-state index >= 15 is 0 Å². The fourth-order valence-electron chi connectivity index (χ4n) is 2.99. The molecule has 3 unspecified atom stereocenters. The van der Waals surface area contributed by atoms with Gasteiger partial charge >= 0.3 is 5.97 Å². The Balaban J connectivity index is 1.82. The number of methoxy groups -OCH3 is 1. The number of aliphatic hydroxyl groups excluding tert-OH is 1. The van der Waals surface area contributed by atoms with Crippen molar-refractivity contribution in [1.29, 1.82) is 0 Å². The molecule has 0 aliphatic rings. The molecule has 6 nitrogen and oxygen atoms in total. The highest BCUT2D eigenvalue weighted by atomic mass is 16.5. The average molecular weight is 427 g/mol. The quantitative estimate of drug-likeness (QED) is 0.333. The first kappa shape index (κ1) is 24.3. The molecule has 0 bridgehead atoms. The Labute approximate surface area is 183 Å². The number of carbonyl (C=O) groups excluding carboxylic acids is 2. The number of hydrogen-bond donors (Lipinski definition) is 1. The lowest BCUT2D eigenvalue weighted by atomic mass is 9.92. The van der Waals surface area contributed by atoms with E-state index in [2.05, 4.69) is 0 Å². The first-order valence-corrected chi connectivity index (χ1v) is 10.2. The fraction of sp³-hybridized carbons (Fsp3) is 0.360. The van der Waals surface area contributed by atoms with Crippen LogP contribution in [-0.2, 0) is 20.9 Å². The van der Waals surface area contributed by atoms with Gasteiger partial charge in [0, 0.05) is 5.92 Å². The summed E-state index contributed by atoms with van der Waals surface area (Å²) in [7, 11) is 1.62. The van der Waals surface area contributed by atoms with Gasteiger partial charge in [-0.3, -0.25) is 4.79 Å². The molecule has 0 aliphatic heterocycles. The van der Waals surface area contributed by atoms with Crippen molar-refractivity contribution < 1.29 is 28.9 Å². The van der Waals surface area contributed by atoms with Gasteiger partial charge < -0.3 is 19.3 Å². The van der Waals surface area contributed by atoms with Crippen LogP contribution in [0.1, 0.15) is 36.7 Å². The number of ether oxygens (including phenoxy) is 3. The number of Topliss-reactive ketones (excluding diaryl/α,β-unsaturated/α-hetero) is 1. The molecule has 0 radical (unpaired) electrons. The smallest absolute Gasteiger partial charge is 0.338 e. The van der Waals surface area contributed by atoms with E-state index in [1.54, 1.807) is 57.4 Å². The first-order chi connectivity index (χ1) is 14.8. The molecule has 2 aromatic rings. The molecule has 0 amide bonds. The molecule has 0 aliphatic carbocycles. The second-order valence-electron chi connectivity index (χ2n) is 7.36. The van der Waals surface area contributed by atoms with Crippen molar-refractivity contribution in [2.45, 2.75) is 39.6 Å².